The fourth-order valence-corrected chi connectivity index (χ4v) is 9.99. The summed E-state index contributed by atoms with van der Waals surface area (Å²) in [5.41, 5.74) is 19.3. The lowest BCUT2D eigenvalue weighted by Gasteiger charge is -2.28. The summed E-state index contributed by atoms with van der Waals surface area (Å²) < 4.78 is 4.91. The molecule has 12 rings (SSSR count). The molecule has 0 bridgehead atoms. The predicted octanol–water partition coefficient (Wildman–Crippen LogP) is 15.3. The Kier molecular flexibility index (Phi) is 7.58. The van der Waals surface area contributed by atoms with Crippen molar-refractivity contribution in [3.05, 3.63) is 223 Å². The Balaban J connectivity index is 1.04. The molecule has 60 heavy (non-hydrogen) atoms. The first kappa shape index (κ1) is 34.4. The van der Waals surface area contributed by atoms with Gasteiger partial charge in [0.05, 0.1) is 16.6 Å². The van der Waals surface area contributed by atoms with E-state index in [1.807, 2.05) is 0 Å². The Hall–Kier alpha value is -7.62. The molecule has 0 amide bonds. The molecule has 0 N–H and O–H groups in total. The third-order valence-corrected chi connectivity index (χ3v) is 12.9. The number of hydrogen-bond donors (Lipinski definition) is 0. The average Bonchev–Trinajstić information content (AvgIpc) is 3.90. The molecule has 1 aliphatic rings. The van der Waals surface area contributed by atoms with Crippen LogP contribution in [0.5, 0.6) is 0 Å². The summed E-state index contributed by atoms with van der Waals surface area (Å²) in [5.74, 6) is 0. The standard InChI is InChI=1S/C57H41N3/c1-57(2)50-20-10-8-18-47(50)48-35-34-46(37-51(48)57)58(43-29-24-40(25-30-43)38-14-4-3-5-15-38)44-31-27-41(28-32-44)55-49-19-9-11-21-52(49)60-54-23-13-12-22-53(54)59(56(55)60)45-33-26-39-16-6-7-17-42(39)36-45/h3-37H,1-2H3. The third kappa shape index (κ3) is 5.15. The van der Waals surface area contributed by atoms with Crippen LogP contribution in [0.15, 0.2) is 212 Å². The van der Waals surface area contributed by atoms with Gasteiger partial charge in [-0.15, -0.1) is 0 Å². The van der Waals surface area contributed by atoms with Crippen molar-refractivity contribution in [2.24, 2.45) is 0 Å². The van der Waals surface area contributed by atoms with Crippen LogP contribution in [0.1, 0.15) is 25.0 Å². The van der Waals surface area contributed by atoms with Gasteiger partial charge in [0.1, 0.15) is 5.65 Å². The van der Waals surface area contributed by atoms with Crippen molar-refractivity contribution in [1.29, 1.82) is 0 Å². The van der Waals surface area contributed by atoms with E-state index in [2.05, 4.69) is 240 Å². The van der Waals surface area contributed by atoms with E-state index < -0.39 is 0 Å². The van der Waals surface area contributed by atoms with Crippen LogP contribution in [0.4, 0.5) is 17.1 Å². The van der Waals surface area contributed by atoms with Gasteiger partial charge < -0.3 is 4.90 Å². The summed E-state index contributed by atoms with van der Waals surface area (Å²) in [6, 6.07) is 77.9. The summed E-state index contributed by atoms with van der Waals surface area (Å²) in [5, 5.41) is 3.69. The summed E-state index contributed by atoms with van der Waals surface area (Å²) in [6.45, 7) is 4.71. The molecule has 3 nitrogen and oxygen atoms in total. The number of rotatable bonds is 6. The molecule has 0 aliphatic heterocycles. The lowest BCUT2D eigenvalue weighted by atomic mass is 9.82. The highest BCUT2D eigenvalue weighted by atomic mass is 15.1. The molecular weight excluding hydrogens is 727 g/mol. The summed E-state index contributed by atoms with van der Waals surface area (Å²) in [4.78, 5) is 2.41. The fourth-order valence-electron chi connectivity index (χ4n) is 9.99. The summed E-state index contributed by atoms with van der Waals surface area (Å²) in [7, 11) is 0. The SMILES string of the molecule is CC1(C)c2ccccc2-c2ccc(N(c3ccc(-c4ccccc4)cc3)c3ccc(-c4c5ccccc5n5c6ccccc6n(-c6ccc7ccccc7c6)c45)cc3)cc21. The second-order valence-electron chi connectivity index (χ2n) is 16.6. The Morgan fingerprint density at radius 3 is 1.77 bits per heavy atom. The molecule has 0 spiro atoms. The first-order chi connectivity index (χ1) is 29.5. The van der Waals surface area contributed by atoms with Gasteiger partial charge in [0.2, 0.25) is 0 Å². The molecule has 11 aromatic rings. The second kappa shape index (κ2) is 13.2. The van der Waals surface area contributed by atoms with Crippen LogP contribution < -0.4 is 4.90 Å². The maximum atomic E-state index is 2.45. The number of anilines is 3. The normalized spacial score (nSPS) is 13.0. The lowest BCUT2D eigenvalue weighted by molar-refractivity contribution is 0.660. The van der Waals surface area contributed by atoms with Gasteiger partial charge in [0, 0.05) is 39.1 Å². The van der Waals surface area contributed by atoms with Crippen LogP contribution in [0.2, 0.25) is 0 Å². The lowest BCUT2D eigenvalue weighted by Crippen LogP contribution is -2.16. The van der Waals surface area contributed by atoms with Crippen molar-refractivity contribution in [1.82, 2.24) is 8.97 Å². The number of aromatic nitrogens is 2. The van der Waals surface area contributed by atoms with Gasteiger partial charge in [-0.2, -0.15) is 0 Å². The highest BCUT2D eigenvalue weighted by molar-refractivity contribution is 6.09. The van der Waals surface area contributed by atoms with Crippen molar-refractivity contribution >= 4 is 55.4 Å². The second-order valence-corrected chi connectivity index (χ2v) is 16.6. The van der Waals surface area contributed by atoms with Crippen molar-refractivity contribution in [2.45, 2.75) is 19.3 Å². The highest BCUT2D eigenvalue weighted by Crippen LogP contribution is 2.51. The largest absolute Gasteiger partial charge is 0.310 e. The Bertz CT molecular complexity index is 3440. The molecule has 284 valence electrons. The maximum Gasteiger partial charge on any atom is 0.131 e. The van der Waals surface area contributed by atoms with Gasteiger partial charge in [0.15, 0.2) is 0 Å². The zero-order chi connectivity index (χ0) is 40.0. The molecule has 2 aromatic heterocycles. The van der Waals surface area contributed by atoms with E-state index in [-0.39, 0.29) is 5.41 Å². The van der Waals surface area contributed by atoms with E-state index >= 15 is 0 Å². The van der Waals surface area contributed by atoms with Crippen molar-refractivity contribution in [3.8, 4) is 39.1 Å². The number of hydrogen-bond acceptors (Lipinski definition) is 1. The first-order valence-corrected chi connectivity index (χ1v) is 20.9. The van der Waals surface area contributed by atoms with Crippen molar-refractivity contribution < 1.29 is 0 Å². The third-order valence-electron chi connectivity index (χ3n) is 12.9. The molecule has 0 saturated heterocycles. The smallest absolute Gasteiger partial charge is 0.131 e. The van der Waals surface area contributed by atoms with E-state index in [4.69, 9.17) is 0 Å². The van der Waals surface area contributed by atoms with Crippen molar-refractivity contribution in [3.63, 3.8) is 0 Å². The van der Waals surface area contributed by atoms with Crippen LogP contribution >= 0.6 is 0 Å². The molecule has 9 aromatic carbocycles. The Morgan fingerprint density at radius 2 is 0.983 bits per heavy atom. The first-order valence-electron chi connectivity index (χ1n) is 20.9. The van der Waals surface area contributed by atoms with Crippen LogP contribution in [-0.2, 0) is 5.41 Å². The van der Waals surface area contributed by atoms with E-state index in [9.17, 15) is 0 Å². The molecule has 0 atom stereocenters. The minimum absolute atomic E-state index is 0.111. The quantitative estimate of drug-likeness (QED) is 0.164. The highest BCUT2D eigenvalue weighted by Gasteiger charge is 2.35. The molecule has 3 heteroatoms. The number of para-hydroxylation sites is 3. The average molecular weight is 768 g/mol. The molecular formula is C57H41N3. The van der Waals surface area contributed by atoms with Crippen LogP contribution in [0, 0.1) is 0 Å². The zero-order valence-electron chi connectivity index (χ0n) is 33.5. The predicted molar refractivity (Wildman–Crippen MR) is 252 cm³/mol. The molecule has 0 radical (unpaired) electrons. The topological polar surface area (TPSA) is 12.6 Å². The minimum atomic E-state index is -0.111. The molecule has 2 heterocycles. The van der Waals surface area contributed by atoms with Crippen molar-refractivity contribution in [2.75, 3.05) is 4.90 Å². The maximum absolute atomic E-state index is 2.45. The summed E-state index contributed by atoms with van der Waals surface area (Å²) >= 11 is 0. The van der Waals surface area contributed by atoms with Crippen LogP contribution in [-0.4, -0.2) is 8.97 Å². The minimum Gasteiger partial charge on any atom is -0.310 e. The number of fused-ring (bicyclic) bond motifs is 9. The number of nitrogens with zero attached hydrogens (tertiary/aromatic N) is 3. The number of imidazole rings is 1. The molecule has 0 fully saturated rings. The monoisotopic (exact) mass is 767 g/mol. The van der Waals surface area contributed by atoms with E-state index in [1.165, 1.54) is 77.2 Å². The van der Waals surface area contributed by atoms with Gasteiger partial charge in [-0.1, -0.05) is 159 Å². The van der Waals surface area contributed by atoms with Gasteiger partial charge in [-0.25, -0.2) is 0 Å². The summed E-state index contributed by atoms with van der Waals surface area (Å²) in [6.07, 6.45) is 0. The van der Waals surface area contributed by atoms with E-state index in [1.54, 1.807) is 0 Å². The zero-order valence-corrected chi connectivity index (χ0v) is 33.5. The van der Waals surface area contributed by atoms with E-state index in [0.717, 1.165) is 28.4 Å². The molecule has 0 saturated carbocycles. The van der Waals surface area contributed by atoms with Gasteiger partial charge >= 0.3 is 0 Å². The number of benzene rings is 9. The van der Waals surface area contributed by atoms with Gasteiger partial charge in [-0.3, -0.25) is 8.97 Å². The van der Waals surface area contributed by atoms with Crippen LogP contribution in [0.25, 0.3) is 77.4 Å². The van der Waals surface area contributed by atoms with Gasteiger partial charge in [0.25, 0.3) is 0 Å². The Morgan fingerprint density at radius 1 is 0.400 bits per heavy atom. The van der Waals surface area contributed by atoms with E-state index in [0.29, 0.717) is 0 Å². The molecule has 1 aliphatic carbocycles. The van der Waals surface area contributed by atoms with Gasteiger partial charge in [-0.05, 0) is 116 Å². The molecule has 0 unspecified atom stereocenters. The van der Waals surface area contributed by atoms with Crippen LogP contribution in [0.3, 0.4) is 0 Å². The Labute approximate surface area is 349 Å². The fraction of sp³-hybridized carbons (Fsp3) is 0.0526.